The molecule has 3 rings (SSSR count). The van der Waals surface area contributed by atoms with Crippen molar-refractivity contribution in [3.8, 4) is 5.75 Å². The van der Waals surface area contributed by atoms with E-state index in [-0.39, 0.29) is 5.75 Å². The summed E-state index contributed by atoms with van der Waals surface area (Å²) in [6, 6.07) is 2.51. The zero-order chi connectivity index (χ0) is 11.1. The van der Waals surface area contributed by atoms with Gasteiger partial charge >= 0.3 is 0 Å². The number of phenolic OH excluding ortho intramolecular Hbond substituents is 1. The van der Waals surface area contributed by atoms with Crippen molar-refractivity contribution in [2.45, 2.75) is 32.1 Å². The third kappa shape index (κ3) is 1.39. The van der Waals surface area contributed by atoms with Crippen molar-refractivity contribution < 1.29 is 13.9 Å². The van der Waals surface area contributed by atoms with Crippen LogP contribution in [-0.2, 0) is 12.8 Å². The maximum absolute atomic E-state index is 13.1. The van der Waals surface area contributed by atoms with Crippen LogP contribution in [0.4, 0.5) is 4.39 Å². The molecule has 2 nitrogen and oxygen atoms in total. The van der Waals surface area contributed by atoms with Gasteiger partial charge in [-0.15, -0.1) is 0 Å². The minimum Gasteiger partial charge on any atom is -0.507 e. The zero-order valence-corrected chi connectivity index (χ0v) is 8.92. The second kappa shape index (κ2) is 3.51. The van der Waals surface area contributed by atoms with Crippen LogP contribution in [0.5, 0.6) is 5.75 Å². The minimum absolute atomic E-state index is 0.00176. The van der Waals surface area contributed by atoms with E-state index in [2.05, 4.69) is 0 Å². The van der Waals surface area contributed by atoms with E-state index in [1.807, 2.05) is 0 Å². The lowest BCUT2D eigenvalue weighted by Crippen LogP contribution is -1.85. The fraction of sp³-hybridized carbons (Fsp3) is 0.385. The molecule has 0 radical (unpaired) electrons. The standard InChI is InChI=1S/C13H13FO2/c14-8-6-10(15)13-9-4-2-1-3-5-11(9)16-12(13)7-8/h6-7,15H,1-5H2. The monoisotopic (exact) mass is 220 g/mol. The average Bonchev–Trinajstić information content (AvgIpc) is 2.42. The lowest BCUT2D eigenvalue weighted by atomic mass is 10.1. The molecule has 2 aromatic rings. The molecule has 0 saturated heterocycles. The van der Waals surface area contributed by atoms with Gasteiger partial charge in [0.15, 0.2) is 0 Å². The Balaban J connectivity index is 2.29. The summed E-state index contributed by atoms with van der Waals surface area (Å²) < 4.78 is 18.8. The van der Waals surface area contributed by atoms with Gasteiger partial charge in [0, 0.05) is 24.1 Å². The summed E-state index contributed by atoms with van der Waals surface area (Å²) in [5.74, 6) is 0.476. The fourth-order valence-corrected chi connectivity index (χ4v) is 2.52. The number of rotatable bonds is 0. The lowest BCUT2D eigenvalue weighted by molar-refractivity contribution is 0.474. The van der Waals surface area contributed by atoms with Crippen molar-refractivity contribution >= 4 is 11.0 Å². The number of fused-ring (bicyclic) bond motifs is 3. The molecule has 0 spiro atoms. The number of halogens is 1. The molecule has 1 aliphatic carbocycles. The molecule has 1 N–H and O–H groups in total. The molecule has 0 aliphatic heterocycles. The van der Waals surface area contributed by atoms with E-state index in [0.29, 0.717) is 11.0 Å². The van der Waals surface area contributed by atoms with E-state index >= 15 is 0 Å². The Morgan fingerprint density at radius 2 is 1.94 bits per heavy atom. The molecule has 3 heteroatoms. The largest absolute Gasteiger partial charge is 0.507 e. The van der Waals surface area contributed by atoms with E-state index in [9.17, 15) is 9.50 Å². The predicted molar refractivity (Wildman–Crippen MR) is 59.1 cm³/mol. The lowest BCUT2D eigenvalue weighted by Gasteiger charge is -1.99. The summed E-state index contributed by atoms with van der Waals surface area (Å²) in [6.07, 6.45) is 5.22. The zero-order valence-electron chi connectivity index (χ0n) is 8.92. The number of aromatic hydroxyl groups is 1. The number of phenols is 1. The van der Waals surface area contributed by atoms with Gasteiger partial charge in [-0.05, 0) is 19.3 Å². The summed E-state index contributed by atoms with van der Waals surface area (Å²) in [4.78, 5) is 0. The number of hydrogen-bond donors (Lipinski definition) is 1. The quantitative estimate of drug-likeness (QED) is 0.689. The van der Waals surface area contributed by atoms with E-state index in [4.69, 9.17) is 4.42 Å². The summed E-state index contributed by atoms with van der Waals surface area (Å²) in [5, 5.41) is 10.5. The third-order valence-corrected chi connectivity index (χ3v) is 3.25. The summed E-state index contributed by atoms with van der Waals surface area (Å²) in [6.45, 7) is 0. The van der Waals surface area contributed by atoms with Crippen molar-refractivity contribution in [1.82, 2.24) is 0 Å². The maximum Gasteiger partial charge on any atom is 0.141 e. The predicted octanol–water partition coefficient (Wildman–Crippen LogP) is 3.55. The normalized spacial score (nSPS) is 16.1. The number of benzene rings is 1. The van der Waals surface area contributed by atoms with Crippen molar-refractivity contribution in [2.75, 3.05) is 0 Å². The van der Waals surface area contributed by atoms with Gasteiger partial charge < -0.3 is 9.52 Å². The van der Waals surface area contributed by atoms with Gasteiger partial charge in [0.05, 0.1) is 5.39 Å². The van der Waals surface area contributed by atoms with E-state index in [1.54, 1.807) is 0 Å². The van der Waals surface area contributed by atoms with Crippen molar-refractivity contribution in [1.29, 1.82) is 0 Å². The Morgan fingerprint density at radius 1 is 1.12 bits per heavy atom. The Bertz CT molecular complexity index is 542. The molecule has 16 heavy (non-hydrogen) atoms. The molecule has 0 atom stereocenters. The van der Waals surface area contributed by atoms with Gasteiger partial charge in [-0.25, -0.2) is 4.39 Å². The average molecular weight is 220 g/mol. The molecule has 0 bridgehead atoms. The number of hydrogen-bond acceptors (Lipinski definition) is 2. The van der Waals surface area contributed by atoms with Gasteiger partial charge in [-0.1, -0.05) is 6.42 Å². The smallest absolute Gasteiger partial charge is 0.141 e. The van der Waals surface area contributed by atoms with Crippen LogP contribution < -0.4 is 0 Å². The molecule has 1 aromatic carbocycles. The second-order valence-electron chi connectivity index (χ2n) is 4.36. The van der Waals surface area contributed by atoms with Crippen molar-refractivity contribution in [3.05, 3.63) is 29.3 Å². The highest BCUT2D eigenvalue weighted by atomic mass is 19.1. The summed E-state index contributed by atoms with van der Waals surface area (Å²) in [5.41, 5.74) is 1.55. The highest BCUT2D eigenvalue weighted by Gasteiger charge is 2.19. The van der Waals surface area contributed by atoms with E-state index in [1.165, 1.54) is 12.5 Å². The van der Waals surface area contributed by atoms with E-state index < -0.39 is 5.82 Å². The van der Waals surface area contributed by atoms with Crippen LogP contribution in [0.3, 0.4) is 0 Å². The first kappa shape index (κ1) is 9.70. The van der Waals surface area contributed by atoms with Gasteiger partial charge in [0.1, 0.15) is 22.9 Å². The second-order valence-corrected chi connectivity index (χ2v) is 4.36. The first-order valence-electron chi connectivity index (χ1n) is 5.68. The molecular formula is C13H13FO2. The Kier molecular flexibility index (Phi) is 2.13. The minimum atomic E-state index is -0.450. The number of aryl methyl sites for hydroxylation is 2. The SMILES string of the molecule is Oc1cc(F)cc2oc3c(c12)CCCCC3. The topological polar surface area (TPSA) is 33.4 Å². The van der Waals surface area contributed by atoms with Gasteiger partial charge in [-0.2, -0.15) is 0 Å². The molecular weight excluding hydrogens is 207 g/mol. The maximum atomic E-state index is 13.1. The fourth-order valence-electron chi connectivity index (χ4n) is 2.52. The van der Waals surface area contributed by atoms with Crippen molar-refractivity contribution in [3.63, 3.8) is 0 Å². The Morgan fingerprint density at radius 3 is 2.81 bits per heavy atom. The molecule has 0 unspecified atom stereocenters. The van der Waals surface area contributed by atoms with Crippen molar-refractivity contribution in [2.24, 2.45) is 0 Å². The Labute approximate surface area is 92.7 Å². The summed E-state index contributed by atoms with van der Waals surface area (Å²) >= 11 is 0. The molecule has 1 aliphatic rings. The molecule has 1 heterocycles. The molecule has 0 saturated carbocycles. The molecule has 84 valence electrons. The first-order chi connectivity index (χ1) is 7.75. The van der Waals surface area contributed by atoms with Crippen LogP contribution in [0, 0.1) is 5.82 Å². The molecule has 1 aromatic heterocycles. The van der Waals surface area contributed by atoms with Crippen LogP contribution in [0.25, 0.3) is 11.0 Å². The molecule has 0 amide bonds. The van der Waals surface area contributed by atoms with Gasteiger partial charge in [0.2, 0.25) is 0 Å². The summed E-state index contributed by atoms with van der Waals surface area (Å²) in [7, 11) is 0. The van der Waals surface area contributed by atoms with Gasteiger partial charge in [0.25, 0.3) is 0 Å². The van der Waals surface area contributed by atoms with E-state index in [0.717, 1.165) is 43.1 Å². The first-order valence-corrected chi connectivity index (χ1v) is 5.68. The highest BCUT2D eigenvalue weighted by molar-refractivity contribution is 5.88. The van der Waals surface area contributed by atoms with Crippen LogP contribution >= 0.6 is 0 Å². The number of furan rings is 1. The molecule has 0 fully saturated rings. The van der Waals surface area contributed by atoms with Gasteiger partial charge in [-0.3, -0.25) is 0 Å². The van der Waals surface area contributed by atoms with Crippen LogP contribution in [-0.4, -0.2) is 5.11 Å². The third-order valence-electron chi connectivity index (χ3n) is 3.25. The van der Waals surface area contributed by atoms with Crippen LogP contribution in [0.15, 0.2) is 16.5 Å². The highest BCUT2D eigenvalue weighted by Crippen LogP contribution is 2.36. The van der Waals surface area contributed by atoms with Crippen LogP contribution in [0.2, 0.25) is 0 Å². The Hall–Kier alpha value is -1.51. The van der Waals surface area contributed by atoms with Crippen LogP contribution in [0.1, 0.15) is 30.6 Å².